The summed E-state index contributed by atoms with van der Waals surface area (Å²) in [6.45, 7) is 1.19. The second-order valence-corrected chi connectivity index (χ2v) is 5.44. The quantitative estimate of drug-likeness (QED) is 0.753. The van der Waals surface area contributed by atoms with E-state index in [9.17, 15) is 4.39 Å². The molecule has 0 spiro atoms. The summed E-state index contributed by atoms with van der Waals surface area (Å²) in [4.78, 5) is 0. The number of hydrogen-bond donors (Lipinski definition) is 1. The number of rotatable bonds is 4. The van der Waals surface area contributed by atoms with E-state index in [1.54, 1.807) is 6.07 Å². The number of hydrogen-bond acceptors (Lipinski definition) is 2. The lowest BCUT2D eigenvalue weighted by Crippen LogP contribution is -2.12. The van der Waals surface area contributed by atoms with Crippen LogP contribution in [0.3, 0.4) is 0 Å². The van der Waals surface area contributed by atoms with E-state index < -0.39 is 0 Å². The Labute approximate surface area is 124 Å². The molecule has 0 fully saturated rings. The summed E-state index contributed by atoms with van der Waals surface area (Å²) in [6, 6.07) is 14.6. The molecule has 0 bridgehead atoms. The van der Waals surface area contributed by atoms with Gasteiger partial charge in [0.2, 0.25) is 0 Å². The lowest BCUT2D eigenvalue weighted by molar-refractivity contribution is 0.513. The Morgan fingerprint density at radius 1 is 1.05 bits per heavy atom. The van der Waals surface area contributed by atoms with Gasteiger partial charge in [0.25, 0.3) is 0 Å². The highest BCUT2D eigenvalue weighted by Gasteiger charge is 2.04. The lowest BCUT2D eigenvalue weighted by atomic mass is 10.2. The Kier molecular flexibility index (Phi) is 3.85. The minimum Gasteiger partial charge on any atom is -0.460 e. The molecule has 2 aromatic carbocycles. The van der Waals surface area contributed by atoms with Gasteiger partial charge in [0, 0.05) is 16.4 Å². The Hall–Kier alpha value is -1.65. The van der Waals surface area contributed by atoms with Gasteiger partial charge in [-0.05, 0) is 35.9 Å². The Balaban J connectivity index is 1.66. The van der Waals surface area contributed by atoms with Gasteiger partial charge < -0.3 is 9.73 Å². The smallest absolute Gasteiger partial charge is 0.134 e. The molecule has 0 aliphatic rings. The van der Waals surface area contributed by atoms with Crippen molar-refractivity contribution in [1.29, 1.82) is 0 Å². The van der Waals surface area contributed by atoms with Crippen LogP contribution in [-0.2, 0) is 13.1 Å². The van der Waals surface area contributed by atoms with Crippen LogP contribution in [-0.4, -0.2) is 0 Å². The maximum atomic E-state index is 13.2. The average molecular weight is 334 g/mol. The summed E-state index contributed by atoms with van der Waals surface area (Å²) >= 11 is 3.41. The van der Waals surface area contributed by atoms with E-state index in [0.717, 1.165) is 26.8 Å². The van der Waals surface area contributed by atoms with Crippen molar-refractivity contribution in [2.24, 2.45) is 0 Å². The number of fused-ring (bicyclic) bond motifs is 1. The van der Waals surface area contributed by atoms with Gasteiger partial charge in [-0.3, -0.25) is 0 Å². The van der Waals surface area contributed by atoms with Crippen molar-refractivity contribution in [3.8, 4) is 0 Å². The number of para-hydroxylation sites is 1. The highest BCUT2D eigenvalue weighted by Crippen LogP contribution is 2.20. The molecule has 0 amide bonds. The zero-order valence-electron chi connectivity index (χ0n) is 10.7. The fraction of sp³-hybridized carbons (Fsp3) is 0.125. The summed E-state index contributed by atoms with van der Waals surface area (Å²) in [7, 11) is 0. The standard InChI is InChI=1S/C16H13BrFNO/c17-15-6-5-13(18)7-12(15)9-19-10-14-8-11-3-1-2-4-16(11)20-14/h1-8,19H,9-10H2. The summed E-state index contributed by atoms with van der Waals surface area (Å²) in [6.07, 6.45) is 0. The van der Waals surface area contributed by atoms with E-state index in [-0.39, 0.29) is 5.82 Å². The molecule has 0 unspecified atom stereocenters. The summed E-state index contributed by atoms with van der Waals surface area (Å²) in [5.74, 6) is 0.646. The van der Waals surface area contributed by atoms with Crippen molar-refractivity contribution in [3.05, 3.63) is 70.1 Å². The summed E-state index contributed by atoms with van der Waals surface area (Å²) in [5, 5.41) is 4.35. The highest BCUT2D eigenvalue weighted by atomic mass is 79.9. The summed E-state index contributed by atoms with van der Waals surface area (Å²) < 4.78 is 19.8. The molecule has 3 rings (SSSR count). The molecule has 1 N–H and O–H groups in total. The van der Waals surface area contributed by atoms with E-state index in [1.165, 1.54) is 12.1 Å². The minimum atomic E-state index is -0.228. The zero-order valence-corrected chi connectivity index (χ0v) is 12.3. The minimum absolute atomic E-state index is 0.228. The van der Waals surface area contributed by atoms with Gasteiger partial charge in [-0.25, -0.2) is 4.39 Å². The first-order valence-electron chi connectivity index (χ1n) is 6.34. The molecule has 1 heterocycles. The van der Waals surface area contributed by atoms with Crippen LogP contribution >= 0.6 is 15.9 Å². The fourth-order valence-corrected chi connectivity index (χ4v) is 2.51. The first-order chi connectivity index (χ1) is 9.72. The van der Waals surface area contributed by atoms with Crippen molar-refractivity contribution >= 4 is 26.9 Å². The Morgan fingerprint density at radius 2 is 1.90 bits per heavy atom. The van der Waals surface area contributed by atoms with Crippen LogP contribution in [0.25, 0.3) is 11.0 Å². The summed E-state index contributed by atoms with van der Waals surface area (Å²) in [5.41, 5.74) is 1.78. The monoisotopic (exact) mass is 333 g/mol. The highest BCUT2D eigenvalue weighted by molar-refractivity contribution is 9.10. The third-order valence-electron chi connectivity index (χ3n) is 3.10. The second kappa shape index (κ2) is 5.77. The molecule has 0 aliphatic heterocycles. The van der Waals surface area contributed by atoms with Crippen LogP contribution in [0.15, 0.2) is 57.4 Å². The van der Waals surface area contributed by atoms with Gasteiger partial charge in [-0.2, -0.15) is 0 Å². The van der Waals surface area contributed by atoms with E-state index in [4.69, 9.17) is 4.42 Å². The molecule has 0 aliphatic carbocycles. The van der Waals surface area contributed by atoms with E-state index >= 15 is 0 Å². The predicted octanol–water partition coefficient (Wildman–Crippen LogP) is 4.62. The van der Waals surface area contributed by atoms with Crippen LogP contribution < -0.4 is 5.32 Å². The Bertz CT molecular complexity index is 705. The lowest BCUT2D eigenvalue weighted by Gasteiger charge is -2.05. The molecule has 0 radical (unpaired) electrons. The molecule has 0 atom stereocenters. The molecular formula is C16H13BrFNO. The Morgan fingerprint density at radius 3 is 2.75 bits per heavy atom. The number of nitrogens with one attached hydrogen (secondary N) is 1. The molecule has 102 valence electrons. The largest absolute Gasteiger partial charge is 0.460 e. The van der Waals surface area contributed by atoms with Crippen LogP contribution in [0.5, 0.6) is 0 Å². The molecule has 1 aromatic heterocycles. The van der Waals surface area contributed by atoms with E-state index in [1.807, 2.05) is 30.3 Å². The first-order valence-corrected chi connectivity index (χ1v) is 7.14. The normalized spacial score (nSPS) is 11.1. The van der Waals surface area contributed by atoms with Crippen LogP contribution in [0, 0.1) is 5.82 Å². The van der Waals surface area contributed by atoms with Gasteiger partial charge in [0.05, 0.1) is 6.54 Å². The fourth-order valence-electron chi connectivity index (χ4n) is 2.12. The first kappa shape index (κ1) is 13.3. The van der Waals surface area contributed by atoms with Crippen LogP contribution in [0.1, 0.15) is 11.3 Å². The topological polar surface area (TPSA) is 25.2 Å². The van der Waals surface area contributed by atoms with Gasteiger partial charge in [0.1, 0.15) is 17.2 Å². The number of benzene rings is 2. The van der Waals surface area contributed by atoms with Gasteiger partial charge in [0.15, 0.2) is 0 Å². The van der Waals surface area contributed by atoms with Crippen molar-refractivity contribution in [3.63, 3.8) is 0 Å². The van der Waals surface area contributed by atoms with Crippen molar-refractivity contribution in [2.75, 3.05) is 0 Å². The predicted molar refractivity (Wildman–Crippen MR) is 80.9 cm³/mol. The molecule has 20 heavy (non-hydrogen) atoms. The third-order valence-corrected chi connectivity index (χ3v) is 3.87. The van der Waals surface area contributed by atoms with Crippen molar-refractivity contribution in [1.82, 2.24) is 5.32 Å². The maximum Gasteiger partial charge on any atom is 0.134 e. The van der Waals surface area contributed by atoms with E-state index in [0.29, 0.717) is 13.1 Å². The van der Waals surface area contributed by atoms with Crippen LogP contribution in [0.4, 0.5) is 4.39 Å². The third kappa shape index (κ3) is 2.92. The number of halogens is 2. The van der Waals surface area contributed by atoms with Crippen molar-refractivity contribution in [2.45, 2.75) is 13.1 Å². The molecule has 0 saturated heterocycles. The van der Waals surface area contributed by atoms with Gasteiger partial charge in [-0.1, -0.05) is 34.1 Å². The average Bonchev–Trinajstić information content (AvgIpc) is 2.85. The SMILES string of the molecule is Fc1ccc(Br)c(CNCc2cc3ccccc3o2)c1. The molecule has 2 nitrogen and oxygen atoms in total. The molecule has 0 saturated carbocycles. The van der Waals surface area contributed by atoms with E-state index in [2.05, 4.69) is 21.2 Å². The zero-order chi connectivity index (χ0) is 13.9. The maximum absolute atomic E-state index is 13.2. The van der Waals surface area contributed by atoms with Gasteiger partial charge >= 0.3 is 0 Å². The van der Waals surface area contributed by atoms with Gasteiger partial charge in [-0.15, -0.1) is 0 Å². The second-order valence-electron chi connectivity index (χ2n) is 4.59. The van der Waals surface area contributed by atoms with Crippen LogP contribution in [0.2, 0.25) is 0 Å². The molecular weight excluding hydrogens is 321 g/mol. The molecule has 3 aromatic rings. The molecule has 4 heteroatoms. The van der Waals surface area contributed by atoms with Crippen molar-refractivity contribution < 1.29 is 8.81 Å². The number of furan rings is 1.